The average molecular weight is 311 g/mol. The SMILES string of the molecule is c1ccc2c(c1)c1ccccc1n2CCCc1ccc2c(c1)CC2. The molecule has 1 nitrogen and oxygen atoms in total. The van der Waals surface area contributed by atoms with E-state index in [9.17, 15) is 0 Å². The lowest BCUT2D eigenvalue weighted by Gasteiger charge is -2.19. The summed E-state index contributed by atoms with van der Waals surface area (Å²) in [6.45, 7) is 1.07. The maximum atomic E-state index is 2.49. The third-order valence-corrected chi connectivity index (χ3v) is 5.46. The molecule has 0 N–H and O–H groups in total. The minimum absolute atomic E-state index is 1.07. The van der Waals surface area contributed by atoms with Gasteiger partial charge in [-0.25, -0.2) is 0 Å². The lowest BCUT2D eigenvalue weighted by atomic mass is 9.86. The Bertz CT molecular complexity index is 985. The van der Waals surface area contributed by atoms with Crippen LogP contribution in [0.5, 0.6) is 0 Å². The summed E-state index contributed by atoms with van der Waals surface area (Å²) in [5.41, 5.74) is 7.34. The van der Waals surface area contributed by atoms with Crippen molar-refractivity contribution in [3.63, 3.8) is 0 Å². The smallest absolute Gasteiger partial charge is 0.0491 e. The summed E-state index contributed by atoms with van der Waals surface area (Å²) in [6.07, 6.45) is 4.89. The van der Waals surface area contributed by atoms with Crippen LogP contribution in [-0.2, 0) is 25.8 Å². The first-order valence-corrected chi connectivity index (χ1v) is 8.97. The molecule has 1 aromatic heterocycles. The van der Waals surface area contributed by atoms with Crippen molar-refractivity contribution in [3.8, 4) is 0 Å². The molecule has 1 heterocycles. The topological polar surface area (TPSA) is 4.93 Å². The van der Waals surface area contributed by atoms with E-state index in [0.717, 1.165) is 13.0 Å². The summed E-state index contributed by atoms with van der Waals surface area (Å²) in [4.78, 5) is 0. The molecule has 0 fully saturated rings. The zero-order valence-electron chi connectivity index (χ0n) is 13.8. The van der Waals surface area contributed by atoms with Gasteiger partial charge >= 0.3 is 0 Å². The quantitative estimate of drug-likeness (QED) is 0.467. The number of benzene rings is 3. The van der Waals surface area contributed by atoms with E-state index in [2.05, 4.69) is 71.3 Å². The van der Waals surface area contributed by atoms with E-state index in [0.29, 0.717) is 0 Å². The van der Waals surface area contributed by atoms with Crippen LogP contribution in [0.2, 0.25) is 0 Å². The molecule has 0 bridgehead atoms. The highest BCUT2D eigenvalue weighted by Gasteiger charge is 2.13. The van der Waals surface area contributed by atoms with Crippen LogP contribution in [0.1, 0.15) is 23.1 Å². The minimum atomic E-state index is 1.07. The number of aromatic nitrogens is 1. The average Bonchev–Trinajstić information content (AvgIpc) is 2.92. The molecular weight excluding hydrogens is 290 g/mol. The molecule has 0 aliphatic heterocycles. The van der Waals surface area contributed by atoms with Gasteiger partial charge in [0.25, 0.3) is 0 Å². The maximum absolute atomic E-state index is 2.49. The van der Waals surface area contributed by atoms with Gasteiger partial charge < -0.3 is 4.57 Å². The molecule has 1 aliphatic carbocycles. The van der Waals surface area contributed by atoms with Crippen LogP contribution in [0.4, 0.5) is 0 Å². The third kappa shape index (κ3) is 2.16. The molecule has 0 saturated carbocycles. The molecule has 4 aromatic rings. The predicted octanol–water partition coefficient (Wildman–Crippen LogP) is 5.53. The van der Waals surface area contributed by atoms with Crippen molar-refractivity contribution >= 4 is 21.8 Å². The molecule has 0 spiro atoms. The number of fused-ring (bicyclic) bond motifs is 4. The Labute approximate surface area is 142 Å². The van der Waals surface area contributed by atoms with Crippen molar-refractivity contribution in [1.29, 1.82) is 0 Å². The molecule has 3 aromatic carbocycles. The van der Waals surface area contributed by atoms with Crippen molar-refractivity contribution in [1.82, 2.24) is 4.57 Å². The van der Waals surface area contributed by atoms with E-state index in [4.69, 9.17) is 0 Å². The number of hydrogen-bond acceptors (Lipinski definition) is 0. The summed E-state index contributed by atoms with van der Waals surface area (Å²) in [5, 5.41) is 2.74. The largest absolute Gasteiger partial charge is 0.340 e. The molecule has 1 heteroatoms. The van der Waals surface area contributed by atoms with Gasteiger partial charge in [-0.2, -0.15) is 0 Å². The summed E-state index contributed by atoms with van der Waals surface area (Å²) in [6, 6.07) is 24.6. The van der Waals surface area contributed by atoms with E-state index in [1.807, 2.05) is 0 Å². The van der Waals surface area contributed by atoms with E-state index >= 15 is 0 Å². The van der Waals surface area contributed by atoms with Crippen LogP contribution < -0.4 is 0 Å². The van der Waals surface area contributed by atoms with Crippen molar-refractivity contribution in [2.24, 2.45) is 0 Å². The molecular formula is C23H21N. The molecule has 1 aliphatic rings. The molecule has 0 unspecified atom stereocenters. The Morgan fingerprint density at radius 2 is 1.38 bits per heavy atom. The molecule has 5 rings (SSSR count). The van der Waals surface area contributed by atoms with Gasteiger partial charge in [0.05, 0.1) is 0 Å². The van der Waals surface area contributed by atoms with Gasteiger partial charge in [-0.1, -0.05) is 54.6 Å². The van der Waals surface area contributed by atoms with Gasteiger partial charge in [0.1, 0.15) is 0 Å². The Morgan fingerprint density at radius 1 is 0.708 bits per heavy atom. The third-order valence-electron chi connectivity index (χ3n) is 5.46. The van der Waals surface area contributed by atoms with Crippen LogP contribution in [0.15, 0.2) is 66.7 Å². The van der Waals surface area contributed by atoms with E-state index in [1.54, 1.807) is 11.1 Å². The Balaban J connectivity index is 1.44. The molecule has 0 amide bonds. The first-order valence-electron chi connectivity index (χ1n) is 8.97. The summed E-state index contributed by atoms with van der Waals surface area (Å²) in [7, 11) is 0. The van der Waals surface area contributed by atoms with Gasteiger partial charge in [0.15, 0.2) is 0 Å². The van der Waals surface area contributed by atoms with Crippen molar-refractivity contribution in [2.75, 3.05) is 0 Å². The fourth-order valence-electron chi connectivity index (χ4n) is 4.09. The number of nitrogens with zero attached hydrogens (tertiary/aromatic N) is 1. The Kier molecular flexibility index (Phi) is 3.19. The van der Waals surface area contributed by atoms with Crippen LogP contribution in [0.3, 0.4) is 0 Å². The van der Waals surface area contributed by atoms with Gasteiger partial charge in [0.2, 0.25) is 0 Å². The molecule has 0 atom stereocenters. The zero-order valence-corrected chi connectivity index (χ0v) is 13.8. The van der Waals surface area contributed by atoms with Gasteiger partial charge in [0, 0.05) is 28.4 Å². The molecule has 118 valence electrons. The second-order valence-corrected chi connectivity index (χ2v) is 6.89. The number of hydrogen-bond donors (Lipinski definition) is 0. The van der Waals surface area contributed by atoms with Crippen LogP contribution in [-0.4, -0.2) is 4.57 Å². The van der Waals surface area contributed by atoms with Gasteiger partial charge in [-0.05, 0) is 54.5 Å². The van der Waals surface area contributed by atoms with Crippen LogP contribution in [0, 0.1) is 0 Å². The lowest BCUT2D eigenvalue weighted by Crippen LogP contribution is -2.08. The highest BCUT2D eigenvalue weighted by Crippen LogP contribution is 2.29. The monoisotopic (exact) mass is 311 g/mol. The normalized spacial score (nSPS) is 13.2. The maximum Gasteiger partial charge on any atom is 0.0491 e. The first-order chi connectivity index (χ1) is 11.9. The van der Waals surface area contributed by atoms with Gasteiger partial charge in [-0.15, -0.1) is 0 Å². The molecule has 24 heavy (non-hydrogen) atoms. The highest BCUT2D eigenvalue weighted by atomic mass is 15.0. The Hall–Kier alpha value is -2.54. The fourth-order valence-corrected chi connectivity index (χ4v) is 4.09. The summed E-state index contributed by atoms with van der Waals surface area (Å²) >= 11 is 0. The van der Waals surface area contributed by atoms with Crippen molar-refractivity contribution in [3.05, 3.63) is 83.4 Å². The molecule has 0 radical (unpaired) electrons. The van der Waals surface area contributed by atoms with Crippen LogP contribution >= 0.6 is 0 Å². The van der Waals surface area contributed by atoms with Gasteiger partial charge in [-0.3, -0.25) is 0 Å². The number of rotatable bonds is 4. The van der Waals surface area contributed by atoms with Crippen molar-refractivity contribution in [2.45, 2.75) is 32.2 Å². The summed E-state index contributed by atoms with van der Waals surface area (Å²) < 4.78 is 2.49. The second-order valence-electron chi connectivity index (χ2n) is 6.89. The minimum Gasteiger partial charge on any atom is -0.340 e. The highest BCUT2D eigenvalue weighted by molar-refractivity contribution is 6.07. The first kappa shape index (κ1) is 13.9. The molecule has 0 saturated heterocycles. The summed E-state index contributed by atoms with van der Waals surface area (Å²) in [5.74, 6) is 0. The lowest BCUT2D eigenvalue weighted by molar-refractivity contribution is 0.676. The standard InChI is InChI=1S/C23H21N/c1-3-9-22-20(7-1)21-8-2-4-10-23(21)24(22)15-5-6-17-11-12-18-13-14-19(18)16-17/h1-4,7-12,16H,5-6,13-15H2. The predicted molar refractivity (Wildman–Crippen MR) is 102 cm³/mol. The van der Waals surface area contributed by atoms with Crippen molar-refractivity contribution < 1.29 is 0 Å². The second kappa shape index (κ2) is 5.52. The van der Waals surface area contributed by atoms with Crippen LogP contribution in [0.25, 0.3) is 21.8 Å². The number of para-hydroxylation sites is 2. The van der Waals surface area contributed by atoms with E-state index < -0.39 is 0 Å². The zero-order chi connectivity index (χ0) is 15.9. The van der Waals surface area contributed by atoms with E-state index in [-0.39, 0.29) is 0 Å². The van der Waals surface area contributed by atoms with E-state index in [1.165, 1.54) is 46.6 Å². The Morgan fingerprint density at radius 3 is 2.00 bits per heavy atom. The number of aryl methyl sites for hydroxylation is 4. The fraction of sp³-hybridized carbons (Fsp3) is 0.217.